The summed E-state index contributed by atoms with van der Waals surface area (Å²) in [4.78, 5) is 69.9. The topological polar surface area (TPSA) is 137 Å². The number of esters is 1. The Bertz CT molecular complexity index is 2000. The highest BCUT2D eigenvalue weighted by Crippen LogP contribution is 2.56. The SMILES string of the molecule is CCc1cc(Br)cc2c(C(=O)OCC(=O)c3ccc(Cl)c([N+](=O)[O-])c3)cc(-c3ccc(N4C(=O)C5C6CCC(C6)C5C4=O)cc3)nc12. The van der Waals surface area contributed by atoms with E-state index >= 15 is 0 Å². The van der Waals surface area contributed by atoms with E-state index in [-0.39, 0.29) is 39.8 Å². The number of pyridine rings is 1. The number of imide groups is 1. The van der Waals surface area contributed by atoms with Crippen molar-refractivity contribution in [2.24, 2.45) is 23.7 Å². The van der Waals surface area contributed by atoms with Crippen LogP contribution >= 0.6 is 27.5 Å². The van der Waals surface area contributed by atoms with Crippen LogP contribution < -0.4 is 4.90 Å². The fourth-order valence-corrected chi connectivity index (χ4v) is 8.20. The highest BCUT2D eigenvalue weighted by Gasteiger charge is 2.61. The van der Waals surface area contributed by atoms with Crippen LogP contribution in [0.15, 0.2) is 65.1 Å². The third-order valence-electron chi connectivity index (χ3n) is 9.71. The summed E-state index contributed by atoms with van der Waals surface area (Å²) in [6.45, 7) is 1.32. The van der Waals surface area contributed by atoms with Gasteiger partial charge in [-0.2, -0.15) is 0 Å². The molecule has 2 bridgehead atoms. The molecule has 3 aromatic carbocycles. The Morgan fingerprint density at radius 3 is 2.34 bits per heavy atom. The zero-order valence-electron chi connectivity index (χ0n) is 25.1. The number of carbonyl (C=O) groups is 4. The van der Waals surface area contributed by atoms with Crippen LogP contribution in [0.25, 0.3) is 22.2 Å². The number of aryl methyl sites for hydroxylation is 1. The minimum absolute atomic E-state index is 0.0171. The van der Waals surface area contributed by atoms with Gasteiger partial charge in [0.2, 0.25) is 17.6 Å². The van der Waals surface area contributed by atoms with Crippen molar-refractivity contribution >= 4 is 73.4 Å². The molecule has 0 spiro atoms. The third kappa shape index (κ3) is 5.31. The number of fused-ring (bicyclic) bond motifs is 6. The molecule has 238 valence electrons. The second-order valence-corrected chi connectivity index (χ2v) is 13.6. The Hall–Kier alpha value is -4.48. The largest absolute Gasteiger partial charge is 0.454 e. The van der Waals surface area contributed by atoms with Crippen molar-refractivity contribution in [1.82, 2.24) is 4.98 Å². The molecule has 10 nitrogen and oxygen atoms in total. The second kappa shape index (κ2) is 12.0. The van der Waals surface area contributed by atoms with Gasteiger partial charge in [-0.1, -0.05) is 46.6 Å². The van der Waals surface area contributed by atoms with E-state index in [0.29, 0.717) is 46.1 Å². The van der Waals surface area contributed by atoms with Gasteiger partial charge in [-0.05, 0) is 85.5 Å². The molecular weight excluding hydrogens is 690 g/mol. The van der Waals surface area contributed by atoms with Crippen molar-refractivity contribution < 1.29 is 28.8 Å². The number of carbonyl (C=O) groups excluding carboxylic acids is 4. The van der Waals surface area contributed by atoms with Crippen LogP contribution in [0.3, 0.4) is 0 Å². The first-order valence-electron chi connectivity index (χ1n) is 15.3. The lowest BCUT2D eigenvalue weighted by Crippen LogP contribution is -2.32. The number of anilines is 1. The molecule has 0 radical (unpaired) electrons. The lowest BCUT2D eigenvalue weighted by Gasteiger charge is -2.19. The average Bonchev–Trinajstić information content (AvgIpc) is 3.76. The number of nitrogens with zero attached hydrogens (tertiary/aromatic N) is 3. The van der Waals surface area contributed by atoms with E-state index in [4.69, 9.17) is 21.3 Å². The van der Waals surface area contributed by atoms with E-state index in [9.17, 15) is 29.3 Å². The van der Waals surface area contributed by atoms with Gasteiger partial charge in [0.25, 0.3) is 5.69 Å². The van der Waals surface area contributed by atoms with Crippen LogP contribution in [-0.2, 0) is 20.7 Å². The number of aromatic nitrogens is 1. The molecule has 3 aliphatic rings. The molecule has 2 heterocycles. The summed E-state index contributed by atoms with van der Waals surface area (Å²) in [5.41, 5.74) is 2.81. The van der Waals surface area contributed by atoms with Crippen LogP contribution in [0.4, 0.5) is 11.4 Å². The molecule has 4 aromatic rings. The quantitative estimate of drug-likeness (QED) is 0.0607. The van der Waals surface area contributed by atoms with E-state index in [1.807, 2.05) is 13.0 Å². The third-order valence-corrected chi connectivity index (χ3v) is 10.5. The van der Waals surface area contributed by atoms with Gasteiger partial charge in [0.05, 0.1) is 39.2 Å². The van der Waals surface area contributed by atoms with Crippen molar-refractivity contribution in [1.29, 1.82) is 0 Å². The number of amides is 2. The summed E-state index contributed by atoms with van der Waals surface area (Å²) >= 11 is 9.38. The predicted octanol–water partition coefficient (Wildman–Crippen LogP) is 7.36. The minimum Gasteiger partial charge on any atom is -0.454 e. The van der Waals surface area contributed by atoms with Gasteiger partial charge < -0.3 is 4.74 Å². The van der Waals surface area contributed by atoms with Crippen molar-refractivity contribution in [2.45, 2.75) is 32.6 Å². The normalized spacial score (nSPS) is 21.4. The maximum absolute atomic E-state index is 13.5. The minimum atomic E-state index is -0.776. The fourth-order valence-electron chi connectivity index (χ4n) is 7.51. The zero-order chi connectivity index (χ0) is 33.1. The number of Topliss-reactive ketones (excluding diaryl/α,β-unsaturated/α-hetero) is 1. The molecule has 1 aromatic heterocycles. The van der Waals surface area contributed by atoms with E-state index in [1.54, 1.807) is 36.4 Å². The van der Waals surface area contributed by atoms with Crippen LogP contribution in [0.5, 0.6) is 0 Å². The van der Waals surface area contributed by atoms with Gasteiger partial charge in [-0.15, -0.1) is 0 Å². The number of nitro benzene ring substituents is 1. The number of ether oxygens (including phenoxy) is 1. The molecule has 1 aliphatic heterocycles. The van der Waals surface area contributed by atoms with Crippen molar-refractivity contribution in [3.8, 4) is 11.3 Å². The zero-order valence-corrected chi connectivity index (χ0v) is 27.4. The smallest absolute Gasteiger partial charge is 0.339 e. The highest BCUT2D eigenvalue weighted by molar-refractivity contribution is 9.10. The molecule has 12 heteroatoms. The summed E-state index contributed by atoms with van der Waals surface area (Å²) in [5, 5.41) is 11.7. The second-order valence-electron chi connectivity index (χ2n) is 12.2. The summed E-state index contributed by atoms with van der Waals surface area (Å²) in [5.74, 6) is -1.50. The molecule has 7 rings (SSSR count). The fraction of sp³-hybridized carbons (Fsp3) is 0.286. The van der Waals surface area contributed by atoms with Gasteiger partial charge in [-0.25, -0.2) is 9.78 Å². The Morgan fingerprint density at radius 1 is 1.02 bits per heavy atom. The van der Waals surface area contributed by atoms with Crippen molar-refractivity contribution in [2.75, 3.05) is 11.5 Å². The lowest BCUT2D eigenvalue weighted by atomic mass is 9.81. The van der Waals surface area contributed by atoms with E-state index in [2.05, 4.69) is 15.9 Å². The van der Waals surface area contributed by atoms with Gasteiger partial charge in [-0.3, -0.25) is 29.4 Å². The molecule has 3 fully saturated rings. The first kappa shape index (κ1) is 31.1. The summed E-state index contributed by atoms with van der Waals surface area (Å²) in [6.07, 6.45) is 3.59. The average molecular weight is 717 g/mol. The van der Waals surface area contributed by atoms with Crippen molar-refractivity contribution in [3.05, 3.63) is 97.0 Å². The van der Waals surface area contributed by atoms with Crippen LogP contribution in [0, 0.1) is 33.8 Å². The van der Waals surface area contributed by atoms with Gasteiger partial charge in [0.15, 0.2) is 6.61 Å². The van der Waals surface area contributed by atoms with Crippen molar-refractivity contribution in [3.63, 3.8) is 0 Å². The molecule has 0 N–H and O–H groups in total. The molecule has 2 aliphatic carbocycles. The molecular formula is C35H27BrClN3O7. The standard InChI is InChI=1S/C35H27BrClN3O7/c1-2-17-12-22(36)14-24-25(35(44)47-16-29(41)19-7-10-26(37)28(13-19)40(45)46)15-27(38-32(17)24)18-5-8-23(9-6-18)39-33(42)30-20-3-4-21(11-20)31(30)34(39)43/h5-10,12-15,20-21,30-31H,2-4,11,16H2,1H3. The first-order valence-corrected chi connectivity index (χ1v) is 16.5. The Kier molecular flexibility index (Phi) is 7.92. The Labute approximate surface area is 282 Å². The van der Waals surface area contributed by atoms with E-state index < -0.39 is 29.0 Å². The monoisotopic (exact) mass is 715 g/mol. The molecule has 1 saturated heterocycles. The van der Waals surface area contributed by atoms with E-state index in [0.717, 1.165) is 35.4 Å². The van der Waals surface area contributed by atoms with Crippen LogP contribution in [-0.4, -0.2) is 40.1 Å². The summed E-state index contributed by atoms with van der Waals surface area (Å²) in [6, 6.07) is 15.9. The first-order chi connectivity index (χ1) is 22.5. The molecule has 4 atom stereocenters. The Balaban J connectivity index is 1.19. The summed E-state index contributed by atoms with van der Waals surface area (Å²) < 4.78 is 6.17. The van der Waals surface area contributed by atoms with E-state index in [1.165, 1.54) is 17.0 Å². The van der Waals surface area contributed by atoms with Crippen LogP contribution in [0.1, 0.15) is 52.5 Å². The highest BCUT2D eigenvalue weighted by atomic mass is 79.9. The van der Waals surface area contributed by atoms with Gasteiger partial charge in [0, 0.05) is 27.1 Å². The number of hydrogen-bond donors (Lipinski definition) is 0. The molecule has 4 unspecified atom stereocenters. The molecule has 47 heavy (non-hydrogen) atoms. The maximum Gasteiger partial charge on any atom is 0.339 e. The molecule has 2 amide bonds. The number of hydrogen-bond acceptors (Lipinski definition) is 8. The number of halogens is 2. The Morgan fingerprint density at radius 2 is 1.70 bits per heavy atom. The maximum atomic E-state index is 13.5. The predicted molar refractivity (Wildman–Crippen MR) is 177 cm³/mol. The number of ketones is 1. The lowest BCUT2D eigenvalue weighted by molar-refractivity contribution is -0.384. The van der Waals surface area contributed by atoms with Crippen LogP contribution in [0.2, 0.25) is 5.02 Å². The van der Waals surface area contributed by atoms with Gasteiger partial charge >= 0.3 is 5.97 Å². The molecule has 2 saturated carbocycles. The van der Waals surface area contributed by atoms with Gasteiger partial charge in [0.1, 0.15) is 5.02 Å². The number of rotatable bonds is 8. The number of nitro groups is 1. The summed E-state index contributed by atoms with van der Waals surface area (Å²) in [7, 11) is 0. The number of benzene rings is 3.